The highest BCUT2D eigenvalue weighted by Crippen LogP contribution is 2.24. The molecule has 3 nitrogen and oxygen atoms in total. The third-order valence-electron chi connectivity index (χ3n) is 2.64. The van der Waals surface area contributed by atoms with Crippen LogP contribution in [-0.2, 0) is 0 Å². The van der Waals surface area contributed by atoms with E-state index < -0.39 is 0 Å². The van der Waals surface area contributed by atoms with Crippen LogP contribution in [0.1, 0.15) is 5.56 Å². The molecule has 92 valence electrons. The van der Waals surface area contributed by atoms with Gasteiger partial charge in [-0.15, -0.1) is 0 Å². The Bertz CT molecular complexity index is 545. The summed E-state index contributed by atoms with van der Waals surface area (Å²) in [4.78, 5) is 6.31. The smallest absolute Gasteiger partial charge is 0.141 e. The molecule has 0 fully saturated rings. The third-order valence-corrected chi connectivity index (χ3v) is 2.64. The van der Waals surface area contributed by atoms with Crippen molar-refractivity contribution in [2.24, 2.45) is 4.99 Å². The number of aliphatic imine (C=N–C) groups is 1. The maximum atomic E-state index is 9.59. The van der Waals surface area contributed by atoms with Crippen molar-refractivity contribution in [3.05, 3.63) is 54.1 Å². The molecule has 0 radical (unpaired) electrons. The van der Waals surface area contributed by atoms with Gasteiger partial charge < -0.3 is 10.0 Å². The number of nitrogens with zero attached hydrogens (tertiary/aromatic N) is 2. The Morgan fingerprint density at radius 1 is 1.00 bits per heavy atom. The number of anilines is 1. The number of phenolic OH excluding ortho intramolecular Hbond substituents is 1. The van der Waals surface area contributed by atoms with Crippen LogP contribution in [0.15, 0.2) is 53.5 Å². The number of hydrogen-bond acceptors (Lipinski definition) is 3. The standard InChI is InChI=1S/C15H16N2O/c1-17(2)13-9-7-12(8-10-13)11-16-14-5-3-4-6-15(14)18/h3-11,18H,1-2H3/b16-11+. The maximum absolute atomic E-state index is 9.59. The first kappa shape index (κ1) is 12.2. The Labute approximate surface area is 107 Å². The van der Waals surface area contributed by atoms with Gasteiger partial charge in [0.1, 0.15) is 11.4 Å². The van der Waals surface area contributed by atoms with E-state index in [1.807, 2.05) is 49.3 Å². The molecule has 2 rings (SSSR count). The average Bonchev–Trinajstić information content (AvgIpc) is 2.38. The fourth-order valence-corrected chi connectivity index (χ4v) is 1.58. The van der Waals surface area contributed by atoms with Crippen molar-refractivity contribution in [2.75, 3.05) is 19.0 Å². The van der Waals surface area contributed by atoms with Gasteiger partial charge in [0, 0.05) is 26.0 Å². The summed E-state index contributed by atoms with van der Waals surface area (Å²) < 4.78 is 0. The van der Waals surface area contributed by atoms with E-state index in [4.69, 9.17) is 0 Å². The molecule has 0 saturated heterocycles. The van der Waals surface area contributed by atoms with Crippen molar-refractivity contribution >= 4 is 17.6 Å². The molecule has 0 heterocycles. The molecule has 2 aromatic rings. The molecule has 0 spiro atoms. The highest BCUT2D eigenvalue weighted by Gasteiger charge is 1.96. The highest BCUT2D eigenvalue weighted by atomic mass is 16.3. The second-order valence-corrected chi connectivity index (χ2v) is 4.23. The van der Waals surface area contributed by atoms with Gasteiger partial charge in [0.25, 0.3) is 0 Å². The van der Waals surface area contributed by atoms with Gasteiger partial charge in [0.05, 0.1) is 0 Å². The first-order chi connectivity index (χ1) is 8.66. The molecule has 0 amide bonds. The molecule has 0 atom stereocenters. The minimum atomic E-state index is 0.193. The van der Waals surface area contributed by atoms with Gasteiger partial charge in [-0.05, 0) is 29.8 Å². The van der Waals surface area contributed by atoms with Gasteiger partial charge >= 0.3 is 0 Å². The van der Waals surface area contributed by atoms with Gasteiger partial charge in [-0.2, -0.15) is 0 Å². The second-order valence-electron chi connectivity index (χ2n) is 4.23. The molecule has 2 aromatic carbocycles. The maximum Gasteiger partial charge on any atom is 0.141 e. The SMILES string of the molecule is CN(C)c1ccc(/C=N/c2ccccc2O)cc1. The monoisotopic (exact) mass is 240 g/mol. The lowest BCUT2D eigenvalue weighted by molar-refractivity contribution is 0.477. The Balaban J connectivity index is 2.17. The van der Waals surface area contributed by atoms with Crippen LogP contribution >= 0.6 is 0 Å². The summed E-state index contributed by atoms with van der Waals surface area (Å²) in [6.07, 6.45) is 1.74. The van der Waals surface area contributed by atoms with Crippen molar-refractivity contribution in [3.63, 3.8) is 0 Å². The molecule has 0 unspecified atom stereocenters. The lowest BCUT2D eigenvalue weighted by Gasteiger charge is -2.11. The average molecular weight is 240 g/mol. The van der Waals surface area contributed by atoms with Crippen LogP contribution in [0.25, 0.3) is 0 Å². The van der Waals surface area contributed by atoms with Gasteiger partial charge in [-0.3, -0.25) is 4.99 Å². The summed E-state index contributed by atoms with van der Waals surface area (Å²) in [7, 11) is 4.01. The predicted molar refractivity (Wildman–Crippen MR) is 76.1 cm³/mol. The first-order valence-electron chi connectivity index (χ1n) is 5.76. The van der Waals surface area contributed by atoms with E-state index in [1.165, 1.54) is 0 Å². The zero-order valence-electron chi connectivity index (χ0n) is 10.5. The lowest BCUT2D eigenvalue weighted by Crippen LogP contribution is -2.08. The van der Waals surface area contributed by atoms with Crippen LogP contribution in [0.2, 0.25) is 0 Å². The summed E-state index contributed by atoms with van der Waals surface area (Å²) in [5.74, 6) is 0.193. The number of aromatic hydroxyl groups is 1. The molecule has 1 N–H and O–H groups in total. The number of phenols is 1. The van der Waals surface area contributed by atoms with Gasteiger partial charge in [-0.1, -0.05) is 24.3 Å². The first-order valence-corrected chi connectivity index (χ1v) is 5.76. The predicted octanol–water partition coefficient (Wildman–Crippen LogP) is 3.21. The number of rotatable bonds is 3. The van der Waals surface area contributed by atoms with E-state index in [1.54, 1.807) is 24.4 Å². The van der Waals surface area contributed by atoms with Crippen molar-refractivity contribution in [3.8, 4) is 5.75 Å². The molecule has 0 aromatic heterocycles. The summed E-state index contributed by atoms with van der Waals surface area (Å²) >= 11 is 0. The summed E-state index contributed by atoms with van der Waals surface area (Å²) in [6.45, 7) is 0. The molecule has 3 heteroatoms. The molecule has 0 aliphatic carbocycles. The molecular formula is C15H16N2O. The van der Waals surface area contributed by atoms with Crippen LogP contribution < -0.4 is 4.90 Å². The van der Waals surface area contributed by atoms with E-state index in [9.17, 15) is 5.11 Å². The summed E-state index contributed by atoms with van der Waals surface area (Å²) in [5.41, 5.74) is 2.73. The summed E-state index contributed by atoms with van der Waals surface area (Å²) in [5, 5.41) is 9.59. The number of para-hydroxylation sites is 2. The molecular weight excluding hydrogens is 224 g/mol. The minimum Gasteiger partial charge on any atom is -0.506 e. The van der Waals surface area contributed by atoms with Crippen LogP contribution in [0.5, 0.6) is 5.75 Å². The zero-order chi connectivity index (χ0) is 13.0. The Morgan fingerprint density at radius 3 is 2.28 bits per heavy atom. The molecule has 0 aliphatic heterocycles. The van der Waals surface area contributed by atoms with E-state index >= 15 is 0 Å². The van der Waals surface area contributed by atoms with E-state index in [0.29, 0.717) is 5.69 Å². The topological polar surface area (TPSA) is 35.8 Å². The highest BCUT2D eigenvalue weighted by molar-refractivity contribution is 5.83. The zero-order valence-corrected chi connectivity index (χ0v) is 10.5. The Hall–Kier alpha value is -2.29. The Kier molecular flexibility index (Phi) is 3.63. The van der Waals surface area contributed by atoms with E-state index in [0.717, 1.165) is 11.3 Å². The normalized spacial score (nSPS) is 10.8. The minimum absolute atomic E-state index is 0.193. The fraction of sp³-hybridized carbons (Fsp3) is 0.133. The Morgan fingerprint density at radius 2 is 1.67 bits per heavy atom. The molecule has 0 bridgehead atoms. The van der Waals surface area contributed by atoms with Crippen molar-refractivity contribution in [2.45, 2.75) is 0 Å². The van der Waals surface area contributed by atoms with E-state index in [-0.39, 0.29) is 5.75 Å². The summed E-state index contributed by atoms with van der Waals surface area (Å²) in [6, 6.07) is 15.1. The van der Waals surface area contributed by atoms with E-state index in [2.05, 4.69) is 4.99 Å². The van der Waals surface area contributed by atoms with Crippen molar-refractivity contribution in [1.29, 1.82) is 0 Å². The molecule has 0 aliphatic rings. The van der Waals surface area contributed by atoms with Crippen LogP contribution in [0.4, 0.5) is 11.4 Å². The second kappa shape index (κ2) is 5.36. The van der Waals surface area contributed by atoms with Gasteiger partial charge in [-0.25, -0.2) is 0 Å². The largest absolute Gasteiger partial charge is 0.506 e. The molecule has 0 saturated carbocycles. The van der Waals surface area contributed by atoms with Crippen molar-refractivity contribution in [1.82, 2.24) is 0 Å². The third kappa shape index (κ3) is 2.88. The fourth-order valence-electron chi connectivity index (χ4n) is 1.58. The van der Waals surface area contributed by atoms with Crippen LogP contribution in [0.3, 0.4) is 0 Å². The molecule has 18 heavy (non-hydrogen) atoms. The number of hydrogen-bond donors (Lipinski definition) is 1. The van der Waals surface area contributed by atoms with Crippen molar-refractivity contribution < 1.29 is 5.11 Å². The quantitative estimate of drug-likeness (QED) is 0.836. The van der Waals surface area contributed by atoms with Gasteiger partial charge in [0.15, 0.2) is 0 Å². The van der Waals surface area contributed by atoms with Gasteiger partial charge in [0.2, 0.25) is 0 Å². The van der Waals surface area contributed by atoms with Crippen LogP contribution in [-0.4, -0.2) is 25.4 Å². The number of benzene rings is 2. The van der Waals surface area contributed by atoms with Crippen LogP contribution in [0, 0.1) is 0 Å². The lowest BCUT2D eigenvalue weighted by atomic mass is 10.2.